The standard InChI is InChI=1S/C12H11Cl2NS/c1-15-12(10-6-3-7-16-10)11-8(13)4-2-5-9(11)14/h2-7,12,15H,1H3. The van der Waals surface area contributed by atoms with E-state index in [0.29, 0.717) is 10.0 Å². The van der Waals surface area contributed by atoms with E-state index in [-0.39, 0.29) is 6.04 Å². The summed E-state index contributed by atoms with van der Waals surface area (Å²) in [5.74, 6) is 0. The highest BCUT2D eigenvalue weighted by Crippen LogP contribution is 2.35. The van der Waals surface area contributed by atoms with Crippen LogP contribution in [-0.4, -0.2) is 7.05 Å². The summed E-state index contributed by atoms with van der Waals surface area (Å²) in [6, 6.07) is 9.73. The van der Waals surface area contributed by atoms with Gasteiger partial charge in [-0.25, -0.2) is 0 Å². The van der Waals surface area contributed by atoms with Gasteiger partial charge in [-0.1, -0.05) is 35.3 Å². The van der Waals surface area contributed by atoms with E-state index < -0.39 is 0 Å². The second-order valence-corrected chi connectivity index (χ2v) is 5.17. The molecular formula is C12H11Cl2NS. The van der Waals surface area contributed by atoms with Crippen molar-refractivity contribution in [1.82, 2.24) is 5.32 Å². The molecule has 0 aliphatic carbocycles. The Morgan fingerprint density at radius 1 is 1.12 bits per heavy atom. The molecule has 0 spiro atoms. The first-order chi connectivity index (χ1) is 7.74. The van der Waals surface area contributed by atoms with Crippen LogP contribution in [0.1, 0.15) is 16.5 Å². The van der Waals surface area contributed by atoms with E-state index in [1.807, 2.05) is 36.7 Å². The van der Waals surface area contributed by atoms with Gasteiger partial charge in [0.1, 0.15) is 0 Å². The third kappa shape index (κ3) is 2.25. The Bertz CT molecular complexity index is 448. The molecule has 0 aliphatic heterocycles. The van der Waals surface area contributed by atoms with Crippen LogP contribution in [0.3, 0.4) is 0 Å². The fourth-order valence-electron chi connectivity index (χ4n) is 1.67. The molecule has 16 heavy (non-hydrogen) atoms. The van der Waals surface area contributed by atoms with E-state index in [4.69, 9.17) is 23.2 Å². The van der Waals surface area contributed by atoms with Gasteiger partial charge < -0.3 is 5.32 Å². The monoisotopic (exact) mass is 271 g/mol. The maximum atomic E-state index is 6.20. The van der Waals surface area contributed by atoms with Crippen LogP contribution in [0.2, 0.25) is 10.0 Å². The molecule has 0 fully saturated rings. The predicted molar refractivity (Wildman–Crippen MR) is 71.7 cm³/mol. The lowest BCUT2D eigenvalue weighted by molar-refractivity contribution is 0.704. The zero-order chi connectivity index (χ0) is 11.5. The predicted octanol–water partition coefficient (Wildman–Crippen LogP) is 4.36. The Morgan fingerprint density at radius 3 is 2.31 bits per heavy atom. The summed E-state index contributed by atoms with van der Waals surface area (Å²) in [7, 11) is 1.91. The summed E-state index contributed by atoms with van der Waals surface area (Å²) in [5.41, 5.74) is 0.941. The molecule has 2 rings (SSSR count). The molecule has 1 heterocycles. The van der Waals surface area contributed by atoms with Crippen LogP contribution >= 0.6 is 34.5 Å². The molecule has 2 aromatic rings. The maximum Gasteiger partial charge on any atom is 0.0698 e. The summed E-state index contributed by atoms with van der Waals surface area (Å²) in [6.07, 6.45) is 0. The molecule has 0 aliphatic rings. The molecule has 1 aromatic heterocycles. The van der Waals surface area contributed by atoms with Gasteiger partial charge in [-0.05, 0) is 30.6 Å². The lowest BCUT2D eigenvalue weighted by atomic mass is 10.1. The average Bonchev–Trinajstić information content (AvgIpc) is 2.77. The van der Waals surface area contributed by atoms with E-state index in [2.05, 4.69) is 11.4 Å². The van der Waals surface area contributed by atoms with Crippen LogP contribution in [0.15, 0.2) is 35.7 Å². The Morgan fingerprint density at radius 2 is 1.81 bits per heavy atom. The number of hydrogen-bond acceptors (Lipinski definition) is 2. The highest BCUT2D eigenvalue weighted by Gasteiger charge is 2.18. The van der Waals surface area contributed by atoms with E-state index in [1.54, 1.807) is 11.3 Å². The van der Waals surface area contributed by atoms with Crippen molar-refractivity contribution in [3.63, 3.8) is 0 Å². The van der Waals surface area contributed by atoms with Gasteiger partial charge in [0, 0.05) is 20.5 Å². The molecule has 0 saturated carbocycles. The van der Waals surface area contributed by atoms with Gasteiger partial charge in [0.15, 0.2) is 0 Å². The first-order valence-electron chi connectivity index (χ1n) is 4.88. The zero-order valence-corrected chi connectivity index (χ0v) is 11.0. The number of benzene rings is 1. The zero-order valence-electron chi connectivity index (χ0n) is 8.71. The van der Waals surface area contributed by atoms with Gasteiger partial charge in [0.2, 0.25) is 0 Å². The van der Waals surface area contributed by atoms with Gasteiger partial charge in [-0.15, -0.1) is 11.3 Å². The third-order valence-corrected chi connectivity index (χ3v) is 4.00. The van der Waals surface area contributed by atoms with E-state index in [9.17, 15) is 0 Å². The van der Waals surface area contributed by atoms with Gasteiger partial charge in [-0.2, -0.15) is 0 Å². The van der Waals surface area contributed by atoms with Gasteiger partial charge in [0.05, 0.1) is 6.04 Å². The minimum atomic E-state index is 0.0567. The average molecular weight is 272 g/mol. The number of rotatable bonds is 3. The van der Waals surface area contributed by atoms with Gasteiger partial charge >= 0.3 is 0 Å². The molecule has 84 valence electrons. The summed E-state index contributed by atoms with van der Waals surface area (Å²) >= 11 is 14.1. The first-order valence-corrected chi connectivity index (χ1v) is 6.52. The minimum Gasteiger partial charge on any atom is -0.309 e. The fourth-order valence-corrected chi connectivity index (χ4v) is 3.13. The minimum absolute atomic E-state index is 0.0567. The molecule has 1 unspecified atom stereocenters. The second-order valence-electron chi connectivity index (χ2n) is 3.37. The van der Waals surface area contributed by atoms with Crippen molar-refractivity contribution < 1.29 is 0 Å². The van der Waals surface area contributed by atoms with Gasteiger partial charge in [-0.3, -0.25) is 0 Å². The van der Waals surface area contributed by atoms with Crippen LogP contribution in [0, 0.1) is 0 Å². The molecule has 1 N–H and O–H groups in total. The lowest BCUT2D eigenvalue weighted by Crippen LogP contribution is -2.17. The Kier molecular flexibility index (Phi) is 3.87. The molecule has 1 aromatic carbocycles. The topological polar surface area (TPSA) is 12.0 Å². The largest absolute Gasteiger partial charge is 0.309 e. The number of hydrogen-bond donors (Lipinski definition) is 1. The van der Waals surface area contributed by atoms with E-state index in [1.165, 1.54) is 4.88 Å². The van der Waals surface area contributed by atoms with E-state index >= 15 is 0 Å². The van der Waals surface area contributed by atoms with Crippen molar-refractivity contribution in [2.75, 3.05) is 7.05 Å². The highest BCUT2D eigenvalue weighted by atomic mass is 35.5. The van der Waals surface area contributed by atoms with Crippen LogP contribution in [0.5, 0.6) is 0 Å². The summed E-state index contributed by atoms with van der Waals surface area (Å²) in [5, 5.41) is 6.68. The molecule has 0 radical (unpaired) electrons. The normalized spacial score (nSPS) is 12.7. The Labute approximate surface area is 109 Å². The van der Waals surface area contributed by atoms with E-state index in [0.717, 1.165) is 5.56 Å². The molecule has 1 atom stereocenters. The second kappa shape index (κ2) is 5.19. The van der Waals surface area contributed by atoms with Crippen LogP contribution in [0.4, 0.5) is 0 Å². The number of halogens is 2. The molecule has 1 nitrogen and oxygen atoms in total. The van der Waals surface area contributed by atoms with Crippen molar-refractivity contribution in [3.8, 4) is 0 Å². The van der Waals surface area contributed by atoms with Crippen molar-refractivity contribution in [1.29, 1.82) is 0 Å². The smallest absolute Gasteiger partial charge is 0.0698 e. The summed E-state index contributed by atoms with van der Waals surface area (Å²) in [6.45, 7) is 0. The van der Waals surface area contributed by atoms with Crippen LogP contribution < -0.4 is 5.32 Å². The molecular weight excluding hydrogens is 261 g/mol. The molecule has 0 bridgehead atoms. The molecule has 0 amide bonds. The van der Waals surface area contributed by atoms with Crippen molar-refractivity contribution >= 4 is 34.5 Å². The first kappa shape index (κ1) is 11.9. The van der Waals surface area contributed by atoms with Crippen molar-refractivity contribution in [2.45, 2.75) is 6.04 Å². The van der Waals surface area contributed by atoms with Crippen LogP contribution in [0.25, 0.3) is 0 Å². The van der Waals surface area contributed by atoms with Crippen LogP contribution in [-0.2, 0) is 0 Å². The summed E-state index contributed by atoms with van der Waals surface area (Å²) in [4.78, 5) is 1.21. The van der Waals surface area contributed by atoms with Crippen molar-refractivity contribution in [2.24, 2.45) is 0 Å². The maximum absolute atomic E-state index is 6.20. The van der Waals surface area contributed by atoms with Crippen molar-refractivity contribution in [3.05, 3.63) is 56.2 Å². The number of nitrogens with one attached hydrogen (secondary N) is 1. The molecule has 4 heteroatoms. The third-order valence-electron chi connectivity index (χ3n) is 2.40. The SMILES string of the molecule is CNC(c1cccs1)c1c(Cl)cccc1Cl. The fraction of sp³-hybridized carbons (Fsp3) is 0.167. The summed E-state index contributed by atoms with van der Waals surface area (Å²) < 4.78 is 0. The van der Waals surface area contributed by atoms with Gasteiger partial charge in [0.25, 0.3) is 0 Å². The quantitative estimate of drug-likeness (QED) is 0.875. The highest BCUT2D eigenvalue weighted by molar-refractivity contribution is 7.10. The molecule has 0 saturated heterocycles. The lowest BCUT2D eigenvalue weighted by Gasteiger charge is -2.17. The Hall–Kier alpha value is -0.540. The Balaban J connectivity index is 2.49. The number of thiophene rings is 1.